The molecule has 1 N–H and O–H groups in total. The molecular weight excluding hydrogens is 482 g/mol. The number of piperidine rings is 1. The highest BCUT2D eigenvalue weighted by Gasteiger charge is 2.46. The van der Waals surface area contributed by atoms with E-state index in [2.05, 4.69) is 20.2 Å². The van der Waals surface area contributed by atoms with E-state index in [0.29, 0.717) is 42.4 Å². The van der Waals surface area contributed by atoms with Crippen LogP contribution in [0, 0.1) is 17.0 Å². The van der Waals surface area contributed by atoms with Gasteiger partial charge in [0.2, 0.25) is 0 Å². The summed E-state index contributed by atoms with van der Waals surface area (Å²) < 4.78 is 34.3. The molecule has 1 aliphatic heterocycles. The summed E-state index contributed by atoms with van der Waals surface area (Å²) in [6.45, 7) is 2.86. The summed E-state index contributed by atoms with van der Waals surface area (Å²) in [5, 5.41) is 5.60. The van der Waals surface area contributed by atoms with Crippen molar-refractivity contribution >= 4 is 39.9 Å². The number of anilines is 2. The number of pyridine rings is 1. The predicted molar refractivity (Wildman–Crippen MR) is 128 cm³/mol. The van der Waals surface area contributed by atoms with Gasteiger partial charge < -0.3 is 10.1 Å². The minimum atomic E-state index is -0.939. The summed E-state index contributed by atoms with van der Waals surface area (Å²) in [7, 11) is 1.34. The van der Waals surface area contributed by atoms with Gasteiger partial charge in [0, 0.05) is 36.1 Å². The number of carbonyl (C=O) groups excluding carboxylic acids is 1. The number of likely N-dealkylation sites (tertiary alicyclic amines) is 1. The SMILES string of the molecule is COC(=O)C1(Cc2nc(Nc3nccs3)ccc2F)CCN(Cc2cccc(Cl)c2F)C(C)C1. The summed E-state index contributed by atoms with van der Waals surface area (Å²) >= 11 is 7.33. The number of carbonyl (C=O) groups is 1. The second kappa shape index (κ2) is 10.3. The van der Waals surface area contributed by atoms with E-state index in [9.17, 15) is 13.6 Å². The summed E-state index contributed by atoms with van der Waals surface area (Å²) in [5.41, 5.74) is -0.252. The van der Waals surface area contributed by atoms with E-state index < -0.39 is 23.0 Å². The van der Waals surface area contributed by atoms with Crippen molar-refractivity contribution in [3.63, 3.8) is 0 Å². The van der Waals surface area contributed by atoms with Crippen LogP contribution in [-0.2, 0) is 22.5 Å². The van der Waals surface area contributed by atoms with Gasteiger partial charge in [-0.3, -0.25) is 9.69 Å². The van der Waals surface area contributed by atoms with E-state index in [1.165, 1.54) is 36.6 Å². The molecule has 6 nitrogen and oxygen atoms in total. The largest absolute Gasteiger partial charge is 0.469 e. The summed E-state index contributed by atoms with van der Waals surface area (Å²) in [6, 6.07) is 7.73. The molecule has 2 unspecified atom stereocenters. The van der Waals surface area contributed by atoms with E-state index in [0.717, 1.165) is 0 Å². The Labute approximate surface area is 205 Å². The number of hydrogen-bond donors (Lipinski definition) is 1. The highest BCUT2D eigenvalue weighted by atomic mass is 35.5. The molecule has 3 heterocycles. The lowest BCUT2D eigenvalue weighted by atomic mass is 9.72. The summed E-state index contributed by atoms with van der Waals surface area (Å²) in [4.78, 5) is 23.6. The third-order valence-corrected chi connectivity index (χ3v) is 7.28. The molecular formula is C24H25ClF2N4O2S. The third-order valence-electron chi connectivity index (χ3n) is 6.30. The maximum atomic E-state index is 14.8. The predicted octanol–water partition coefficient (Wildman–Crippen LogP) is 5.60. The first-order valence-corrected chi connectivity index (χ1v) is 12.1. The van der Waals surface area contributed by atoms with E-state index in [1.807, 2.05) is 12.3 Å². The van der Waals surface area contributed by atoms with E-state index in [4.69, 9.17) is 16.3 Å². The van der Waals surface area contributed by atoms with E-state index in [-0.39, 0.29) is 23.2 Å². The van der Waals surface area contributed by atoms with Crippen LogP contribution in [0.3, 0.4) is 0 Å². The Morgan fingerprint density at radius 1 is 1.35 bits per heavy atom. The van der Waals surface area contributed by atoms with Crippen molar-refractivity contribution in [3.8, 4) is 0 Å². The van der Waals surface area contributed by atoms with Crippen molar-refractivity contribution in [2.45, 2.75) is 38.8 Å². The van der Waals surface area contributed by atoms with Crippen molar-refractivity contribution in [3.05, 3.63) is 69.8 Å². The van der Waals surface area contributed by atoms with Crippen molar-refractivity contribution in [1.29, 1.82) is 0 Å². The molecule has 0 amide bonds. The molecule has 0 aliphatic carbocycles. The Bertz CT molecular complexity index is 1160. The zero-order valence-corrected chi connectivity index (χ0v) is 20.4. The highest BCUT2D eigenvalue weighted by molar-refractivity contribution is 7.13. The van der Waals surface area contributed by atoms with Gasteiger partial charge in [0.25, 0.3) is 0 Å². The van der Waals surface area contributed by atoms with Crippen molar-refractivity contribution in [2.75, 3.05) is 19.0 Å². The van der Waals surface area contributed by atoms with Crippen LogP contribution < -0.4 is 5.32 Å². The molecule has 0 radical (unpaired) electrons. The van der Waals surface area contributed by atoms with Crippen molar-refractivity contribution < 1.29 is 18.3 Å². The zero-order chi connectivity index (χ0) is 24.3. The van der Waals surface area contributed by atoms with Crippen LogP contribution in [0.4, 0.5) is 19.7 Å². The lowest BCUT2D eigenvalue weighted by Gasteiger charge is -2.44. The molecule has 1 fully saturated rings. The molecule has 1 aromatic carbocycles. The molecule has 1 saturated heterocycles. The number of aromatic nitrogens is 2. The van der Waals surface area contributed by atoms with Gasteiger partial charge >= 0.3 is 5.97 Å². The van der Waals surface area contributed by atoms with Gasteiger partial charge in [0.05, 0.1) is 23.2 Å². The number of benzene rings is 1. The van der Waals surface area contributed by atoms with Gasteiger partial charge in [0.1, 0.15) is 17.5 Å². The highest BCUT2D eigenvalue weighted by Crippen LogP contribution is 2.40. The molecule has 3 aromatic rings. The molecule has 1 aliphatic rings. The van der Waals surface area contributed by atoms with E-state index in [1.54, 1.807) is 18.3 Å². The average molecular weight is 507 g/mol. The smallest absolute Gasteiger partial charge is 0.312 e. The molecule has 2 aromatic heterocycles. The number of nitrogens with zero attached hydrogens (tertiary/aromatic N) is 3. The minimum absolute atomic E-state index is 0.0779. The lowest BCUT2D eigenvalue weighted by molar-refractivity contribution is -0.157. The number of esters is 1. The Hall–Kier alpha value is -2.62. The number of rotatable bonds is 7. The Morgan fingerprint density at radius 3 is 2.88 bits per heavy atom. The fourth-order valence-corrected chi connectivity index (χ4v) is 5.26. The fourth-order valence-electron chi connectivity index (χ4n) is 4.53. The Balaban J connectivity index is 1.54. The first kappa shape index (κ1) is 24.5. The first-order chi connectivity index (χ1) is 16.3. The van der Waals surface area contributed by atoms with Crippen molar-refractivity contribution in [1.82, 2.24) is 14.9 Å². The fraction of sp³-hybridized carbons (Fsp3) is 0.375. The maximum absolute atomic E-state index is 14.8. The minimum Gasteiger partial charge on any atom is -0.469 e. The summed E-state index contributed by atoms with van der Waals surface area (Å²) in [6.07, 6.45) is 2.61. The molecule has 0 spiro atoms. The van der Waals surface area contributed by atoms with Crippen molar-refractivity contribution in [2.24, 2.45) is 5.41 Å². The standard InChI is InChI=1S/C24H25ClF2N4O2S/c1-15-12-24(22(32)33-2,8-10-31(15)14-16-4-3-5-17(25)21(16)27)13-19-18(26)6-7-20(29-19)30-23-28-9-11-34-23/h3-7,9,11,15H,8,10,12-14H2,1-2H3,(H,28,29,30). The van der Waals surface area contributed by atoms with Crippen LogP contribution in [0.15, 0.2) is 41.9 Å². The normalized spacial score (nSPS) is 20.8. The van der Waals surface area contributed by atoms with Crippen LogP contribution in [0.25, 0.3) is 0 Å². The van der Waals surface area contributed by atoms with Gasteiger partial charge in [-0.2, -0.15) is 0 Å². The lowest BCUT2D eigenvalue weighted by Crippen LogP contribution is -2.50. The van der Waals surface area contributed by atoms with Crippen LogP contribution in [0.1, 0.15) is 31.0 Å². The molecule has 0 bridgehead atoms. The molecule has 2 atom stereocenters. The van der Waals surface area contributed by atoms with Gasteiger partial charge in [-0.25, -0.2) is 18.7 Å². The average Bonchev–Trinajstić information content (AvgIpc) is 3.33. The molecule has 180 valence electrons. The van der Waals surface area contributed by atoms with Crippen LogP contribution >= 0.6 is 22.9 Å². The molecule has 0 saturated carbocycles. The van der Waals surface area contributed by atoms with Gasteiger partial charge in [0.15, 0.2) is 5.13 Å². The number of halogens is 3. The monoisotopic (exact) mass is 506 g/mol. The second-order valence-corrected chi connectivity index (χ2v) is 9.82. The van der Waals surface area contributed by atoms with Crippen LogP contribution in [0.5, 0.6) is 0 Å². The number of methoxy groups -OCH3 is 1. The van der Waals surface area contributed by atoms with Gasteiger partial charge in [-0.15, -0.1) is 11.3 Å². The molecule has 4 rings (SSSR count). The second-order valence-electron chi connectivity index (χ2n) is 8.52. The molecule has 34 heavy (non-hydrogen) atoms. The number of thiazole rings is 1. The molecule has 10 heteroatoms. The Morgan fingerprint density at radius 2 is 2.18 bits per heavy atom. The number of nitrogens with one attached hydrogen (secondary N) is 1. The van der Waals surface area contributed by atoms with Crippen LogP contribution in [-0.4, -0.2) is 40.5 Å². The quantitative estimate of drug-likeness (QED) is 0.421. The number of ether oxygens (including phenoxy) is 1. The third kappa shape index (κ3) is 5.21. The van der Waals surface area contributed by atoms with Gasteiger partial charge in [-0.1, -0.05) is 23.7 Å². The zero-order valence-electron chi connectivity index (χ0n) is 18.9. The topological polar surface area (TPSA) is 67.3 Å². The first-order valence-electron chi connectivity index (χ1n) is 10.9. The number of hydrogen-bond acceptors (Lipinski definition) is 7. The van der Waals surface area contributed by atoms with Crippen LogP contribution in [0.2, 0.25) is 5.02 Å². The maximum Gasteiger partial charge on any atom is 0.312 e. The van der Waals surface area contributed by atoms with E-state index >= 15 is 0 Å². The summed E-state index contributed by atoms with van der Waals surface area (Å²) in [5.74, 6) is -0.860. The Kier molecular flexibility index (Phi) is 7.45. The van der Waals surface area contributed by atoms with Gasteiger partial charge in [-0.05, 0) is 44.5 Å².